The Hall–Kier alpha value is -1.35. The van der Waals surface area contributed by atoms with Gasteiger partial charge in [-0.2, -0.15) is 0 Å². The second kappa shape index (κ2) is 9.66. The predicted octanol–water partition coefficient (Wildman–Crippen LogP) is 3.01. The van der Waals surface area contributed by atoms with E-state index < -0.39 is 0 Å². The SMILES string of the molecule is CCCNCCCCCOC(=O)c1ccccc1. The second-order valence-corrected chi connectivity index (χ2v) is 4.31. The van der Waals surface area contributed by atoms with Gasteiger partial charge in [0.25, 0.3) is 0 Å². The Balaban J connectivity index is 2.00. The van der Waals surface area contributed by atoms with Crippen molar-refractivity contribution in [3.05, 3.63) is 35.9 Å². The molecule has 1 aromatic rings. The standard InChI is InChI=1S/C15H23NO2/c1-2-11-16-12-7-4-8-13-18-15(17)14-9-5-3-6-10-14/h3,5-6,9-10,16H,2,4,7-8,11-13H2,1H3. The van der Waals surface area contributed by atoms with Crippen molar-refractivity contribution in [2.24, 2.45) is 0 Å². The van der Waals surface area contributed by atoms with Crippen molar-refractivity contribution in [2.75, 3.05) is 19.7 Å². The first-order chi connectivity index (χ1) is 8.84. The summed E-state index contributed by atoms with van der Waals surface area (Å²) in [5, 5.41) is 3.35. The zero-order valence-corrected chi connectivity index (χ0v) is 11.2. The first kappa shape index (κ1) is 14.7. The van der Waals surface area contributed by atoms with E-state index in [0.717, 1.165) is 32.4 Å². The lowest BCUT2D eigenvalue weighted by Crippen LogP contribution is -2.16. The Morgan fingerprint density at radius 2 is 1.89 bits per heavy atom. The highest BCUT2D eigenvalue weighted by Crippen LogP contribution is 2.02. The van der Waals surface area contributed by atoms with Crippen molar-refractivity contribution in [1.82, 2.24) is 5.32 Å². The number of benzene rings is 1. The largest absolute Gasteiger partial charge is 0.462 e. The molecule has 1 N–H and O–H groups in total. The van der Waals surface area contributed by atoms with Gasteiger partial charge in [0.15, 0.2) is 0 Å². The molecule has 0 aliphatic rings. The van der Waals surface area contributed by atoms with E-state index in [0.29, 0.717) is 12.2 Å². The smallest absolute Gasteiger partial charge is 0.338 e. The molecule has 0 heterocycles. The Kier molecular flexibility index (Phi) is 7.89. The predicted molar refractivity (Wildman–Crippen MR) is 73.7 cm³/mol. The quantitative estimate of drug-likeness (QED) is 0.540. The van der Waals surface area contributed by atoms with Gasteiger partial charge in [0.05, 0.1) is 12.2 Å². The zero-order valence-electron chi connectivity index (χ0n) is 11.2. The van der Waals surface area contributed by atoms with E-state index in [2.05, 4.69) is 12.2 Å². The van der Waals surface area contributed by atoms with Gasteiger partial charge in [0, 0.05) is 0 Å². The van der Waals surface area contributed by atoms with E-state index in [9.17, 15) is 4.79 Å². The molecule has 0 aliphatic carbocycles. The van der Waals surface area contributed by atoms with Crippen LogP contribution in [0.2, 0.25) is 0 Å². The molecule has 1 rings (SSSR count). The van der Waals surface area contributed by atoms with Crippen LogP contribution >= 0.6 is 0 Å². The zero-order chi connectivity index (χ0) is 13.1. The van der Waals surface area contributed by atoms with E-state index in [-0.39, 0.29) is 5.97 Å². The molecule has 100 valence electrons. The molecule has 0 amide bonds. The maximum atomic E-state index is 11.6. The minimum absolute atomic E-state index is 0.222. The lowest BCUT2D eigenvalue weighted by molar-refractivity contribution is 0.0498. The van der Waals surface area contributed by atoms with Gasteiger partial charge in [0.1, 0.15) is 0 Å². The van der Waals surface area contributed by atoms with Crippen molar-refractivity contribution >= 4 is 5.97 Å². The van der Waals surface area contributed by atoms with E-state index in [1.807, 2.05) is 18.2 Å². The summed E-state index contributed by atoms with van der Waals surface area (Å²) in [6, 6.07) is 9.13. The normalized spacial score (nSPS) is 10.3. The van der Waals surface area contributed by atoms with Crippen molar-refractivity contribution in [3.63, 3.8) is 0 Å². The van der Waals surface area contributed by atoms with Crippen molar-refractivity contribution < 1.29 is 9.53 Å². The van der Waals surface area contributed by atoms with E-state index >= 15 is 0 Å². The number of unbranched alkanes of at least 4 members (excludes halogenated alkanes) is 2. The van der Waals surface area contributed by atoms with Crippen LogP contribution in [0.15, 0.2) is 30.3 Å². The maximum absolute atomic E-state index is 11.6. The maximum Gasteiger partial charge on any atom is 0.338 e. The summed E-state index contributed by atoms with van der Waals surface area (Å²) in [6.45, 7) is 4.82. The van der Waals surface area contributed by atoms with Crippen LogP contribution in [0.5, 0.6) is 0 Å². The summed E-state index contributed by atoms with van der Waals surface area (Å²) in [5.74, 6) is -0.222. The molecule has 18 heavy (non-hydrogen) atoms. The number of carbonyl (C=O) groups excluding carboxylic acids is 1. The summed E-state index contributed by atoms with van der Waals surface area (Å²) in [7, 11) is 0. The Bertz CT molecular complexity index is 325. The van der Waals surface area contributed by atoms with Crippen molar-refractivity contribution in [1.29, 1.82) is 0 Å². The average Bonchev–Trinajstić information content (AvgIpc) is 2.42. The van der Waals surface area contributed by atoms with Crippen LogP contribution < -0.4 is 5.32 Å². The molecule has 0 aliphatic heterocycles. The lowest BCUT2D eigenvalue weighted by atomic mass is 10.2. The van der Waals surface area contributed by atoms with Gasteiger partial charge in [-0.1, -0.05) is 25.1 Å². The van der Waals surface area contributed by atoms with Crippen LogP contribution in [0.1, 0.15) is 43.0 Å². The van der Waals surface area contributed by atoms with Crippen LogP contribution in [0.4, 0.5) is 0 Å². The number of hydrogen-bond acceptors (Lipinski definition) is 3. The van der Waals surface area contributed by atoms with Gasteiger partial charge in [0.2, 0.25) is 0 Å². The molecule has 0 spiro atoms. The highest BCUT2D eigenvalue weighted by atomic mass is 16.5. The average molecular weight is 249 g/mol. The minimum Gasteiger partial charge on any atom is -0.462 e. The molecule has 0 radical (unpaired) electrons. The summed E-state index contributed by atoms with van der Waals surface area (Å²) in [5.41, 5.74) is 0.627. The lowest BCUT2D eigenvalue weighted by Gasteiger charge is -2.05. The van der Waals surface area contributed by atoms with Crippen LogP contribution in [0.25, 0.3) is 0 Å². The minimum atomic E-state index is -0.222. The second-order valence-electron chi connectivity index (χ2n) is 4.31. The monoisotopic (exact) mass is 249 g/mol. The highest BCUT2D eigenvalue weighted by Gasteiger charge is 2.04. The molecule has 0 unspecified atom stereocenters. The molecule has 0 atom stereocenters. The molecule has 0 aromatic heterocycles. The van der Waals surface area contributed by atoms with E-state index in [4.69, 9.17) is 4.74 Å². The third-order valence-corrected chi connectivity index (χ3v) is 2.67. The van der Waals surface area contributed by atoms with Gasteiger partial charge < -0.3 is 10.1 Å². The molecule has 3 nitrogen and oxygen atoms in total. The first-order valence-electron chi connectivity index (χ1n) is 6.77. The molecular weight excluding hydrogens is 226 g/mol. The molecular formula is C15H23NO2. The third kappa shape index (κ3) is 6.40. The van der Waals surface area contributed by atoms with Crippen LogP contribution in [0, 0.1) is 0 Å². The fraction of sp³-hybridized carbons (Fsp3) is 0.533. The molecule has 0 bridgehead atoms. The van der Waals surface area contributed by atoms with Gasteiger partial charge >= 0.3 is 5.97 Å². The fourth-order valence-corrected chi connectivity index (χ4v) is 1.65. The number of nitrogens with one attached hydrogen (secondary N) is 1. The Labute approximate surface area is 110 Å². The summed E-state index contributed by atoms with van der Waals surface area (Å²) in [6.07, 6.45) is 4.35. The summed E-state index contributed by atoms with van der Waals surface area (Å²) < 4.78 is 5.20. The number of rotatable bonds is 9. The van der Waals surface area contributed by atoms with Crippen molar-refractivity contribution in [3.8, 4) is 0 Å². The van der Waals surface area contributed by atoms with Crippen LogP contribution in [-0.2, 0) is 4.74 Å². The first-order valence-corrected chi connectivity index (χ1v) is 6.77. The number of esters is 1. The number of ether oxygens (including phenoxy) is 1. The Morgan fingerprint density at radius 1 is 1.11 bits per heavy atom. The van der Waals surface area contributed by atoms with Gasteiger partial charge in [-0.3, -0.25) is 0 Å². The summed E-state index contributed by atoms with van der Waals surface area (Å²) in [4.78, 5) is 11.6. The Morgan fingerprint density at radius 3 is 2.61 bits per heavy atom. The van der Waals surface area contributed by atoms with Gasteiger partial charge in [-0.25, -0.2) is 4.79 Å². The summed E-state index contributed by atoms with van der Waals surface area (Å²) >= 11 is 0. The number of carbonyl (C=O) groups is 1. The van der Waals surface area contributed by atoms with Gasteiger partial charge in [-0.15, -0.1) is 0 Å². The molecule has 0 fully saturated rings. The van der Waals surface area contributed by atoms with Crippen LogP contribution in [-0.4, -0.2) is 25.7 Å². The fourth-order valence-electron chi connectivity index (χ4n) is 1.65. The molecule has 1 aromatic carbocycles. The van der Waals surface area contributed by atoms with E-state index in [1.165, 1.54) is 6.42 Å². The van der Waals surface area contributed by atoms with E-state index in [1.54, 1.807) is 12.1 Å². The molecule has 0 saturated carbocycles. The molecule has 0 saturated heterocycles. The van der Waals surface area contributed by atoms with Crippen molar-refractivity contribution in [2.45, 2.75) is 32.6 Å². The third-order valence-electron chi connectivity index (χ3n) is 2.67. The van der Waals surface area contributed by atoms with Crippen LogP contribution in [0.3, 0.4) is 0 Å². The topological polar surface area (TPSA) is 38.3 Å². The molecule has 3 heteroatoms. The highest BCUT2D eigenvalue weighted by molar-refractivity contribution is 5.89. The number of hydrogen-bond donors (Lipinski definition) is 1. The van der Waals surface area contributed by atoms with Gasteiger partial charge in [-0.05, 0) is 50.9 Å².